The summed E-state index contributed by atoms with van der Waals surface area (Å²) in [5, 5.41) is 13.5. The number of likely N-dealkylation sites (N-methyl/N-ethyl adjacent to an activating group) is 1. The van der Waals surface area contributed by atoms with Crippen molar-refractivity contribution in [3.8, 4) is 0 Å². The normalized spacial score (nSPS) is 16.2. The summed E-state index contributed by atoms with van der Waals surface area (Å²) in [6.07, 6.45) is 0. The third-order valence-electron chi connectivity index (χ3n) is 6.59. The van der Waals surface area contributed by atoms with Crippen molar-refractivity contribution in [1.82, 2.24) is 35.0 Å². The van der Waals surface area contributed by atoms with Crippen molar-refractivity contribution < 1.29 is 4.39 Å². The minimum Gasteiger partial charge on any atom is -0.322 e. The summed E-state index contributed by atoms with van der Waals surface area (Å²) in [6, 6.07) is 13.9. The molecule has 0 aliphatic carbocycles. The fourth-order valence-corrected chi connectivity index (χ4v) is 4.67. The first-order valence-electron chi connectivity index (χ1n) is 11.6. The number of rotatable bonds is 6. The fraction of sp³-hybridized carbons (Fsp3) is 0.360. The molecule has 0 amide bonds. The highest BCUT2D eigenvalue weighted by Gasteiger charge is 2.32. The lowest BCUT2D eigenvalue weighted by Crippen LogP contribution is -2.49. The zero-order valence-electron chi connectivity index (χ0n) is 19.4. The maximum Gasteiger partial charge on any atom is 0.253 e. The Morgan fingerprint density at radius 1 is 1.06 bits per heavy atom. The fourth-order valence-electron chi connectivity index (χ4n) is 4.67. The smallest absolute Gasteiger partial charge is 0.253 e. The Hall–Kier alpha value is -3.43. The zero-order chi connectivity index (χ0) is 23.7. The Bertz CT molecular complexity index is 1340. The first-order valence-corrected chi connectivity index (χ1v) is 11.6. The van der Waals surface area contributed by atoms with Crippen LogP contribution < -0.4 is 5.56 Å². The monoisotopic (exact) mass is 461 g/mol. The van der Waals surface area contributed by atoms with Crippen LogP contribution in [-0.2, 0) is 6.54 Å². The molecular weight excluding hydrogens is 433 g/mol. The Kier molecular flexibility index (Phi) is 6.21. The number of aryl methyl sites for hydroxylation is 1. The van der Waals surface area contributed by atoms with E-state index in [1.54, 1.807) is 16.8 Å². The summed E-state index contributed by atoms with van der Waals surface area (Å²) in [7, 11) is 0. The maximum atomic E-state index is 13.4. The summed E-state index contributed by atoms with van der Waals surface area (Å²) in [6.45, 7) is 9.01. The molecule has 2 aromatic carbocycles. The van der Waals surface area contributed by atoms with Gasteiger partial charge in [-0.2, -0.15) is 0 Å². The Labute approximate surface area is 197 Å². The van der Waals surface area contributed by atoms with Crippen molar-refractivity contribution >= 4 is 10.9 Å². The molecule has 34 heavy (non-hydrogen) atoms. The van der Waals surface area contributed by atoms with Gasteiger partial charge in [-0.15, -0.1) is 5.10 Å². The summed E-state index contributed by atoms with van der Waals surface area (Å²) in [5.74, 6) is 0.317. The van der Waals surface area contributed by atoms with E-state index < -0.39 is 6.04 Å². The molecular formula is C25H28FN7O. The summed E-state index contributed by atoms with van der Waals surface area (Å²) in [5.41, 5.74) is 3.29. The van der Waals surface area contributed by atoms with E-state index in [4.69, 9.17) is 0 Å². The number of pyridine rings is 1. The average Bonchev–Trinajstić information content (AvgIpc) is 3.29. The van der Waals surface area contributed by atoms with Gasteiger partial charge in [0.1, 0.15) is 11.9 Å². The lowest BCUT2D eigenvalue weighted by molar-refractivity contribution is 0.108. The summed E-state index contributed by atoms with van der Waals surface area (Å²) in [4.78, 5) is 21.0. The van der Waals surface area contributed by atoms with Crippen molar-refractivity contribution in [2.75, 3.05) is 32.7 Å². The first kappa shape index (κ1) is 22.4. The van der Waals surface area contributed by atoms with Crippen LogP contribution in [0.2, 0.25) is 0 Å². The van der Waals surface area contributed by atoms with Crippen LogP contribution in [0, 0.1) is 12.7 Å². The van der Waals surface area contributed by atoms with Crippen molar-refractivity contribution in [3.63, 3.8) is 0 Å². The van der Waals surface area contributed by atoms with Gasteiger partial charge in [-0.25, -0.2) is 9.07 Å². The van der Waals surface area contributed by atoms with Gasteiger partial charge in [-0.3, -0.25) is 9.69 Å². The Morgan fingerprint density at radius 2 is 1.82 bits per heavy atom. The molecule has 4 aromatic rings. The minimum absolute atomic E-state index is 0.143. The lowest BCUT2D eigenvalue weighted by atomic mass is 10.0. The van der Waals surface area contributed by atoms with E-state index in [1.807, 2.05) is 25.1 Å². The minimum atomic E-state index is -0.400. The predicted octanol–water partition coefficient (Wildman–Crippen LogP) is 2.74. The number of aromatic amines is 1. The number of halogens is 1. The largest absolute Gasteiger partial charge is 0.322 e. The molecule has 0 spiro atoms. The van der Waals surface area contributed by atoms with E-state index in [-0.39, 0.29) is 11.4 Å². The van der Waals surface area contributed by atoms with Gasteiger partial charge in [0.05, 0.1) is 6.54 Å². The molecule has 0 radical (unpaired) electrons. The number of hydrogen-bond donors (Lipinski definition) is 1. The number of aromatic nitrogens is 5. The quantitative estimate of drug-likeness (QED) is 0.476. The van der Waals surface area contributed by atoms with E-state index in [0.29, 0.717) is 17.9 Å². The molecule has 0 saturated carbocycles. The second-order valence-electron chi connectivity index (χ2n) is 8.84. The standard InChI is InChI=1S/C25H28FN7O/c1-3-31-10-12-32(13-11-31)23(21-15-19-14-17(2)4-9-22(19)27-25(21)34)24-28-29-30-33(24)16-18-5-7-20(26)8-6-18/h4-9,14-15,23H,3,10-13,16H2,1-2H3,(H,27,34)/t23-/m0/s1. The van der Waals surface area contributed by atoms with Crippen LogP contribution in [0.3, 0.4) is 0 Å². The molecule has 0 unspecified atom stereocenters. The van der Waals surface area contributed by atoms with Crippen molar-refractivity contribution in [3.05, 3.63) is 87.2 Å². The van der Waals surface area contributed by atoms with Crippen molar-refractivity contribution in [1.29, 1.82) is 0 Å². The topological polar surface area (TPSA) is 82.9 Å². The second kappa shape index (κ2) is 9.44. The van der Waals surface area contributed by atoms with Gasteiger partial charge in [-0.05, 0) is 65.2 Å². The molecule has 1 N–H and O–H groups in total. The lowest BCUT2D eigenvalue weighted by Gasteiger charge is -2.38. The van der Waals surface area contributed by atoms with E-state index in [1.165, 1.54) is 12.1 Å². The van der Waals surface area contributed by atoms with Crippen LogP contribution in [0.25, 0.3) is 10.9 Å². The molecule has 1 atom stereocenters. The molecule has 176 valence electrons. The molecule has 5 rings (SSSR count). The third-order valence-corrected chi connectivity index (χ3v) is 6.59. The highest BCUT2D eigenvalue weighted by molar-refractivity contribution is 5.79. The number of benzene rings is 2. The predicted molar refractivity (Wildman–Crippen MR) is 128 cm³/mol. The molecule has 1 aliphatic heterocycles. The van der Waals surface area contributed by atoms with Crippen LogP contribution in [0.15, 0.2) is 53.3 Å². The van der Waals surface area contributed by atoms with Gasteiger partial charge in [0.15, 0.2) is 5.82 Å². The molecule has 0 bridgehead atoms. The van der Waals surface area contributed by atoms with Crippen LogP contribution in [0.4, 0.5) is 4.39 Å². The number of nitrogens with one attached hydrogen (secondary N) is 1. The van der Waals surface area contributed by atoms with Gasteiger partial charge in [0, 0.05) is 37.3 Å². The van der Waals surface area contributed by atoms with Gasteiger partial charge >= 0.3 is 0 Å². The number of piperazine rings is 1. The Morgan fingerprint density at radius 3 is 2.56 bits per heavy atom. The molecule has 1 fully saturated rings. The molecule has 8 nitrogen and oxygen atoms in total. The highest BCUT2D eigenvalue weighted by Crippen LogP contribution is 2.28. The summed E-state index contributed by atoms with van der Waals surface area (Å²) >= 11 is 0. The zero-order valence-corrected chi connectivity index (χ0v) is 19.4. The van der Waals surface area contributed by atoms with Gasteiger partial charge < -0.3 is 9.88 Å². The molecule has 3 heterocycles. The maximum absolute atomic E-state index is 13.4. The molecule has 9 heteroatoms. The molecule has 1 aliphatic rings. The van der Waals surface area contributed by atoms with Crippen molar-refractivity contribution in [2.45, 2.75) is 26.4 Å². The SMILES string of the molecule is CCN1CCN([C@@H](c2cc3cc(C)ccc3[nH]c2=O)c2nnnn2Cc2ccc(F)cc2)CC1. The number of tetrazole rings is 1. The third kappa shape index (κ3) is 4.49. The highest BCUT2D eigenvalue weighted by atomic mass is 19.1. The van der Waals surface area contributed by atoms with Crippen LogP contribution in [0.5, 0.6) is 0 Å². The van der Waals surface area contributed by atoms with Gasteiger partial charge in [-0.1, -0.05) is 30.7 Å². The van der Waals surface area contributed by atoms with Crippen molar-refractivity contribution in [2.24, 2.45) is 0 Å². The van der Waals surface area contributed by atoms with Crippen LogP contribution >= 0.6 is 0 Å². The molecule has 1 saturated heterocycles. The number of hydrogen-bond acceptors (Lipinski definition) is 6. The summed E-state index contributed by atoms with van der Waals surface area (Å²) < 4.78 is 15.1. The second-order valence-corrected chi connectivity index (χ2v) is 8.84. The van der Waals surface area contributed by atoms with Gasteiger partial charge in [0.25, 0.3) is 5.56 Å². The molecule has 2 aromatic heterocycles. The van der Waals surface area contributed by atoms with E-state index in [0.717, 1.165) is 54.8 Å². The van der Waals surface area contributed by atoms with E-state index in [2.05, 4.69) is 43.3 Å². The average molecular weight is 462 g/mol. The van der Waals surface area contributed by atoms with E-state index >= 15 is 0 Å². The van der Waals surface area contributed by atoms with Gasteiger partial charge in [0.2, 0.25) is 0 Å². The first-order chi connectivity index (χ1) is 16.5. The van der Waals surface area contributed by atoms with Crippen LogP contribution in [-0.4, -0.2) is 67.7 Å². The van der Waals surface area contributed by atoms with Crippen LogP contribution in [0.1, 0.15) is 35.5 Å². The Balaban J connectivity index is 1.59. The number of H-pyrrole nitrogens is 1. The van der Waals surface area contributed by atoms with E-state index in [9.17, 15) is 9.18 Å². The number of fused-ring (bicyclic) bond motifs is 1. The number of nitrogens with zero attached hydrogens (tertiary/aromatic N) is 6.